The number of para-hydroxylation sites is 1. The number of nitrogens with one attached hydrogen (secondary N) is 1. The van der Waals surface area contributed by atoms with Crippen molar-refractivity contribution >= 4 is 16.8 Å². The molecule has 4 rings (SSSR count). The summed E-state index contributed by atoms with van der Waals surface area (Å²) in [6, 6.07) is 16.6. The van der Waals surface area contributed by atoms with E-state index in [-0.39, 0.29) is 11.9 Å². The van der Waals surface area contributed by atoms with Crippen molar-refractivity contribution in [1.29, 1.82) is 0 Å². The number of hydrogen-bond donors (Lipinski definition) is 1. The zero-order valence-corrected chi connectivity index (χ0v) is 14.7. The SMILES string of the molecule is Cc1nc2ccccc2c(C)c1CC(=O)NC1CCc2ccccc21. The second-order valence-corrected chi connectivity index (χ2v) is 6.85. The maximum absolute atomic E-state index is 12.7. The summed E-state index contributed by atoms with van der Waals surface area (Å²) in [6.07, 6.45) is 2.41. The second-order valence-electron chi connectivity index (χ2n) is 6.85. The fourth-order valence-electron chi connectivity index (χ4n) is 3.94. The molecule has 1 N–H and O–H groups in total. The monoisotopic (exact) mass is 330 g/mol. The molecule has 0 radical (unpaired) electrons. The largest absolute Gasteiger partial charge is 0.349 e. The molecule has 3 aromatic rings. The predicted molar refractivity (Wildman–Crippen MR) is 101 cm³/mol. The number of rotatable bonds is 3. The molecule has 0 spiro atoms. The summed E-state index contributed by atoms with van der Waals surface area (Å²) in [4.78, 5) is 17.4. The number of aryl methyl sites for hydroxylation is 3. The van der Waals surface area contributed by atoms with Gasteiger partial charge in [-0.2, -0.15) is 0 Å². The van der Waals surface area contributed by atoms with Crippen LogP contribution in [0.1, 0.15) is 40.4 Å². The highest BCUT2D eigenvalue weighted by atomic mass is 16.1. The first-order chi connectivity index (χ1) is 12.1. The second kappa shape index (κ2) is 6.32. The van der Waals surface area contributed by atoms with E-state index in [4.69, 9.17) is 0 Å². The quantitative estimate of drug-likeness (QED) is 0.782. The molecule has 1 heterocycles. The molecular formula is C22H22N2O. The van der Waals surface area contributed by atoms with Crippen LogP contribution < -0.4 is 5.32 Å². The zero-order valence-electron chi connectivity index (χ0n) is 14.7. The van der Waals surface area contributed by atoms with Gasteiger partial charge in [0.25, 0.3) is 0 Å². The molecule has 0 saturated heterocycles. The van der Waals surface area contributed by atoms with E-state index in [1.54, 1.807) is 0 Å². The number of nitrogens with zero attached hydrogens (tertiary/aromatic N) is 1. The summed E-state index contributed by atoms with van der Waals surface area (Å²) < 4.78 is 0. The molecule has 1 aliphatic carbocycles. The Labute approximate surface area is 148 Å². The minimum absolute atomic E-state index is 0.0741. The van der Waals surface area contributed by atoms with Crippen molar-refractivity contribution in [2.75, 3.05) is 0 Å². The Hall–Kier alpha value is -2.68. The molecule has 1 unspecified atom stereocenters. The summed E-state index contributed by atoms with van der Waals surface area (Å²) in [5.41, 5.74) is 6.76. The number of amides is 1. The van der Waals surface area contributed by atoms with Gasteiger partial charge in [0, 0.05) is 11.1 Å². The minimum atomic E-state index is 0.0741. The van der Waals surface area contributed by atoms with Crippen molar-refractivity contribution in [1.82, 2.24) is 10.3 Å². The van der Waals surface area contributed by atoms with Gasteiger partial charge in [-0.15, -0.1) is 0 Å². The number of benzene rings is 2. The maximum Gasteiger partial charge on any atom is 0.224 e. The van der Waals surface area contributed by atoms with Crippen LogP contribution in [0, 0.1) is 13.8 Å². The van der Waals surface area contributed by atoms with Crippen molar-refractivity contribution in [2.24, 2.45) is 0 Å². The highest BCUT2D eigenvalue weighted by molar-refractivity contribution is 5.86. The number of aromatic nitrogens is 1. The maximum atomic E-state index is 12.7. The Morgan fingerprint density at radius 1 is 1.12 bits per heavy atom. The Balaban J connectivity index is 1.57. The summed E-state index contributed by atoms with van der Waals surface area (Å²) >= 11 is 0. The Kier molecular flexibility index (Phi) is 4.00. The first-order valence-corrected chi connectivity index (χ1v) is 8.85. The first kappa shape index (κ1) is 15.8. The molecule has 1 aromatic heterocycles. The van der Waals surface area contributed by atoms with Gasteiger partial charge in [-0.25, -0.2) is 0 Å². The van der Waals surface area contributed by atoms with Gasteiger partial charge < -0.3 is 5.32 Å². The van der Waals surface area contributed by atoms with Crippen LogP contribution in [0.2, 0.25) is 0 Å². The molecule has 1 atom stereocenters. The molecule has 0 bridgehead atoms. The van der Waals surface area contributed by atoms with Gasteiger partial charge in [0.1, 0.15) is 0 Å². The number of fused-ring (bicyclic) bond motifs is 2. The van der Waals surface area contributed by atoms with Crippen LogP contribution in [0.15, 0.2) is 48.5 Å². The topological polar surface area (TPSA) is 42.0 Å². The molecule has 25 heavy (non-hydrogen) atoms. The van der Waals surface area contributed by atoms with Crippen LogP contribution in [0.4, 0.5) is 0 Å². The highest BCUT2D eigenvalue weighted by Gasteiger charge is 2.24. The lowest BCUT2D eigenvalue weighted by atomic mass is 9.99. The fraction of sp³-hybridized carbons (Fsp3) is 0.273. The standard InChI is InChI=1S/C22H22N2O/c1-14-17-8-5-6-10-20(17)23-15(2)19(14)13-22(25)24-21-12-11-16-7-3-4-9-18(16)21/h3-10,21H,11-13H2,1-2H3,(H,24,25). The molecule has 1 amide bonds. The average molecular weight is 330 g/mol. The molecule has 126 valence electrons. The van der Waals surface area contributed by atoms with Crippen LogP contribution in [0.25, 0.3) is 10.9 Å². The van der Waals surface area contributed by atoms with E-state index in [2.05, 4.69) is 41.5 Å². The average Bonchev–Trinajstić information content (AvgIpc) is 3.02. The number of carbonyl (C=O) groups excluding carboxylic acids is 1. The number of carbonyl (C=O) groups is 1. The van der Waals surface area contributed by atoms with Crippen LogP contribution in [-0.4, -0.2) is 10.9 Å². The van der Waals surface area contributed by atoms with Gasteiger partial charge in [0.05, 0.1) is 18.0 Å². The van der Waals surface area contributed by atoms with E-state index < -0.39 is 0 Å². The molecule has 1 aliphatic rings. The molecule has 3 heteroatoms. The molecular weight excluding hydrogens is 308 g/mol. The molecule has 0 fully saturated rings. The van der Waals surface area contributed by atoms with Crippen molar-refractivity contribution < 1.29 is 4.79 Å². The van der Waals surface area contributed by atoms with Crippen LogP contribution in [-0.2, 0) is 17.6 Å². The normalized spacial score (nSPS) is 16.0. The predicted octanol–water partition coefficient (Wildman–Crippen LogP) is 4.20. The smallest absolute Gasteiger partial charge is 0.224 e. The van der Waals surface area contributed by atoms with Gasteiger partial charge in [0.15, 0.2) is 0 Å². The third-order valence-electron chi connectivity index (χ3n) is 5.29. The molecule has 2 aromatic carbocycles. The van der Waals surface area contributed by atoms with Crippen LogP contribution >= 0.6 is 0 Å². The van der Waals surface area contributed by atoms with Gasteiger partial charge in [-0.1, -0.05) is 42.5 Å². The van der Waals surface area contributed by atoms with E-state index in [0.29, 0.717) is 6.42 Å². The third kappa shape index (κ3) is 2.91. The lowest BCUT2D eigenvalue weighted by Gasteiger charge is -2.16. The fourth-order valence-corrected chi connectivity index (χ4v) is 3.94. The Morgan fingerprint density at radius 2 is 1.88 bits per heavy atom. The minimum Gasteiger partial charge on any atom is -0.349 e. The molecule has 0 aliphatic heterocycles. The lowest BCUT2D eigenvalue weighted by molar-refractivity contribution is -0.121. The molecule has 0 saturated carbocycles. The van der Waals surface area contributed by atoms with Crippen molar-refractivity contribution in [3.8, 4) is 0 Å². The lowest BCUT2D eigenvalue weighted by Crippen LogP contribution is -2.29. The Bertz CT molecular complexity index is 961. The Morgan fingerprint density at radius 3 is 2.76 bits per heavy atom. The molecule has 3 nitrogen and oxygen atoms in total. The van der Waals surface area contributed by atoms with Crippen LogP contribution in [0.3, 0.4) is 0 Å². The summed E-state index contributed by atoms with van der Waals surface area (Å²) in [6.45, 7) is 4.08. The summed E-state index contributed by atoms with van der Waals surface area (Å²) in [5, 5.41) is 4.35. The van der Waals surface area contributed by atoms with Crippen LogP contribution in [0.5, 0.6) is 0 Å². The van der Waals surface area contributed by atoms with Gasteiger partial charge in [-0.05, 0) is 55.0 Å². The number of pyridine rings is 1. The summed E-state index contributed by atoms with van der Waals surface area (Å²) in [5.74, 6) is 0.0741. The van der Waals surface area contributed by atoms with Crippen molar-refractivity contribution in [2.45, 2.75) is 39.2 Å². The van der Waals surface area contributed by atoms with E-state index in [9.17, 15) is 4.79 Å². The van der Waals surface area contributed by atoms with E-state index in [0.717, 1.165) is 40.6 Å². The first-order valence-electron chi connectivity index (χ1n) is 8.85. The van der Waals surface area contributed by atoms with Gasteiger partial charge in [0.2, 0.25) is 5.91 Å². The summed E-state index contributed by atoms with van der Waals surface area (Å²) in [7, 11) is 0. The van der Waals surface area contributed by atoms with E-state index in [1.165, 1.54) is 11.1 Å². The van der Waals surface area contributed by atoms with Crippen molar-refractivity contribution in [3.63, 3.8) is 0 Å². The van der Waals surface area contributed by atoms with Gasteiger partial charge in [-0.3, -0.25) is 9.78 Å². The third-order valence-corrected chi connectivity index (χ3v) is 5.29. The van der Waals surface area contributed by atoms with E-state index >= 15 is 0 Å². The number of hydrogen-bond acceptors (Lipinski definition) is 2. The highest BCUT2D eigenvalue weighted by Crippen LogP contribution is 2.31. The van der Waals surface area contributed by atoms with Crippen molar-refractivity contribution in [3.05, 3.63) is 76.5 Å². The van der Waals surface area contributed by atoms with E-state index in [1.807, 2.05) is 31.2 Å². The zero-order chi connectivity index (χ0) is 17.4. The van der Waals surface area contributed by atoms with Gasteiger partial charge >= 0.3 is 0 Å².